The van der Waals surface area contributed by atoms with Gasteiger partial charge in [0.25, 0.3) is 0 Å². The molecule has 0 bridgehead atoms. The van der Waals surface area contributed by atoms with E-state index in [1.807, 2.05) is 0 Å². The fraction of sp³-hybridized carbons (Fsp3) is 0.824. The van der Waals surface area contributed by atoms with Crippen LogP contribution in [-0.4, -0.2) is 61.5 Å². The third kappa shape index (κ3) is 6.07. The lowest BCUT2D eigenvalue weighted by Crippen LogP contribution is -2.43. The Morgan fingerprint density at radius 1 is 1.14 bits per heavy atom. The third-order valence-corrected chi connectivity index (χ3v) is 4.36. The molecular formula is C17H29N3O. The van der Waals surface area contributed by atoms with E-state index in [1.54, 1.807) is 0 Å². The largest absolute Gasteiger partial charge is 0.355 e. The van der Waals surface area contributed by atoms with Gasteiger partial charge in [0.1, 0.15) is 0 Å². The zero-order valence-electron chi connectivity index (χ0n) is 13.4. The Bertz CT molecular complexity index is 379. The molecule has 1 amide bonds. The average molecular weight is 291 g/mol. The van der Waals surface area contributed by atoms with Crippen molar-refractivity contribution in [1.82, 2.24) is 15.1 Å². The Labute approximate surface area is 129 Å². The standard InChI is InChI=1S/C17H29N3O/c1-2-3-4-9-19-12-7-8-16(14-19)13-18-17(21)15-20-10-5-6-11-20/h16H,2,5-15H2,1H3,(H,18,21). The second kappa shape index (κ2) is 9.07. The van der Waals surface area contributed by atoms with Gasteiger partial charge in [-0.1, -0.05) is 12.8 Å². The van der Waals surface area contributed by atoms with Crippen molar-refractivity contribution in [2.75, 3.05) is 45.8 Å². The van der Waals surface area contributed by atoms with E-state index in [-0.39, 0.29) is 5.91 Å². The summed E-state index contributed by atoms with van der Waals surface area (Å²) in [5.41, 5.74) is 0. The van der Waals surface area contributed by atoms with Crippen molar-refractivity contribution in [3.63, 3.8) is 0 Å². The van der Waals surface area contributed by atoms with E-state index in [4.69, 9.17) is 0 Å². The summed E-state index contributed by atoms with van der Waals surface area (Å²) in [5.74, 6) is 7.14. The van der Waals surface area contributed by atoms with Crippen LogP contribution in [0.4, 0.5) is 0 Å². The predicted molar refractivity (Wildman–Crippen MR) is 85.9 cm³/mol. The Balaban J connectivity index is 1.63. The van der Waals surface area contributed by atoms with Crippen molar-refractivity contribution >= 4 is 5.91 Å². The topological polar surface area (TPSA) is 35.6 Å². The average Bonchev–Trinajstić information content (AvgIpc) is 2.99. The maximum atomic E-state index is 11.9. The molecule has 0 saturated carbocycles. The third-order valence-electron chi connectivity index (χ3n) is 4.36. The summed E-state index contributed by atoms with van der Waals surface area (Å²) in [7, 11) is 0. The first-order valence-corrected chi connectivity index (χ1v) is 8.45. The summed E-state index contributed by atoms with van der Waals surface area (Å²) in [4.78, 5) is 16.6. The molecule has 1 unspecified atom stereocenters. The minimum Gasteiger partial charge on any atom is -0.355 e. The summed E-state index contributed by atoms with van der Waals surface area (Å²) in [6.07, 6.45) is 5.86. The Kier molecular flexibility index (Phi) is 7.05. The van der Waals surface area contributed by atoms with E-state index in [2.05, 4.69) is 33.9 Å². The molecule has 2 aliphatic rings. The van der Waals surface area contributed by atoms with Gasteiger partial charge in [-0.05, 0) is 51.2 Å². The van der Waals surface area contributed by atoms with Gasteiger partial charge < -0.3 is 5.32 Å². The SMILES string of the molecule is CCC#CCN1CCCC(CNC(=O)CN2CCCC2)C1. The molecule has 4 nitrogen and oxygen atoms in total. The summed E-state index contributed by atoms with van der Waals surface area (Å²) in [6.45, 7) is 8.76. The number of piperidine rings is 1. The maximum absolute atomic E-state index is 11.9. The van der Waals surface area contributed by atoms with E-state index in [0.29, 0.717) is 12.5 Å². The van der Waals surface area contributed by atoms with Crippen LogP contribution in [0.2, 0.25) is 0 Å². The van der Waals surface area contributed by atoms with Gasteiger partial charge in [0, 0.05) is 19.5 Å². The molecule has 4 heteroatoms. The number of carbonyl (C=O) groups is 1. The number of amides is 1. The van der Waals surface area contributed by atoms with Crippen LogP contribution in [0.15, 0.2) is 0 Å². The second-order valence-corrected chi connectivity index (χ2v) is 6.24. The van der Waals surface area contributed by atoms with Crippen molar-refractivity contribution in [3.8, 4) is 11.8 Å². The molecule has 2 fully saturated rings. The lowest BCUT2D eigenvalue weighted by atomic mass is 9.98. The molecule has 1 atom stereocenters. The molecule has 0 aromatic carbocycles. The number of nitrogens with zero attached hydrogens (tertiary/aromatic N) is 2. The molecule has 0 aromatic heterocycles. The molecule has 118 valence electrons. The van der Waals surface area contributed by atoms with Crippen molar-refractivity contribution in [2.24, 2.45) is 5.92 Å². The van der Waals surface area contributed by atoms with E-state index in [1.165, 1.54) is 25.7 Å². The molecule has 0 spiro atoms. The smallest absolute Gasteiger partial charge is 0.234 e. The summed E-state index contributed by atoms with van der Waals surface area (Å²) in [5, 5.41) is 3.12. The lowest BCUT2D eigenvalue weighted by Gasteiger charge is -2.31. The first-order valence-electron chi connectivity index (χ1n) is 8.45. The quantitative estimate of drug-likeness (QED) is 0.776. The molecule has 0 aliphatic carbocycles. The van der Waals surface area contributed by atoms with Crippen LogP contribution in [0.5, 0.6) is 0 Å². The number of hydrogen-bond donors (Lipinski definition) is 1. The fourth-order valence-corrected chi connectivity index (χ4v) is 3.21. The second-order valence-electron chi connectivity index (χ2n) is 6.24. The highest BCUT2D eigenvalue weighted by Crippen LogP contribution is 2.15. The molecule has 2 saturated heterocycles. The lowest BCUT2D eigenvalue weighted by molar-refractivity contribution is -0.122. The molecule has 0 radical (unpaired) electrons. The molecular weight excluding hydrogens is 262 g/mol. The normalized spacial score (nSPS) is 23.6. The van der Waals surface area contributed by atoms with Crippen molar-refractivity contribution < 1.29 is 4.79 Å². The van der Waals surface area contributed by atoms with Gasteiger partial charge in [-0.2, -0.15) is 0 Å². The Hall–Kier alpha value is -1.05. The van der Waals surface area contributed by atoms with Crippen LogP contribution in [-0.2, 0) is 4.79 Å². The van der Waals surface area contributed by atoms with E-state index < -0.39 is 0 Å². The van der Waals surface area contributed by atoms with E-state index in [9.17, 15) is 4.79 Å². The minimum atomic E-state index is 0.194. The van der Waals surface area contributed by atoms with Crippen LogP contribution < -0.4 is 5.32 Å². The van der Waals surface area contributed by atoms with E-state index >= 15 is 0 Å². The van der Waals surface area contributed by atoms with Gasteiger partial charge >= 0.3 is 0 Å². The van der Waals surface area contributed by atoms with Crippen LogP contribution >= 0.6 is 0 Å². The van der Waals surface area contributed by atoms with Crippen molar-refractivity contribution in [2.45, 2.75) is 39.0 Å². The zero-order valence-corrected chi connectivity index (χ0v) is 13.4. The van der Waals surface area contributed by atoms with Crippen molar-refractivity contribution in [1.29, 1.82) is 0 Å². The predicted octanol–water partition coefficient (Wildman–Crippen LogP) is 1.32. The highest BCUT2D eigenvalue weighted by atomic mass is 16.2. The van der Waals surface area contributed by atoms with Crippen LogP contribution in [0.1, 0.15) is 39.0 Å². The number of nitrogens with one attached hydrogen (secondary N) is 1. The van der Waals surface area contributed by atoms with Gasteiger partial charge in [0.15, 0.2) is 0 Å². The molecule has 21 heavy (non-hydrogen) atoms. The zero-order chi connectivity index (χ0) is 14.9. The van der Waals surface area contributed by atoms with Crippen LogP contribution in [0, 0.1) is 17.8 Å². The number of carbonyl (C=O) groups excluding carboxylic acids is 1. The van der Waals surface area contributed by atoms with Crippen LogP contribution in [0.25, 0.3) is 0 Å². The monoisotopic (exact) mass is 291 g/mol. The van der Waals surface area contributed by atoms with Gasteiger partial charge in [-0.3, -0.25) is 14.6 Å². The van der Waals surface area contributed by atoms with Crippen molar-refractivity contribution in [3.05, 3.63) is 0 Å². The number of hydrogen-bond acceptors (Lipinski definition) is 3. The van der Waals surface area contributed by atoms with E-state index in [0.717, 1.165) is 45.7 Å². The molecule has 0 aromatic rings. The molecule has 2 heterocycles. The summed E-state index contributed by atoms with van der Waals surface area (Å²) >= 11 is 0. The maximum Gasteiger partial charge on any atom is 0.234 e. The Morgan fingerprint density at radius 2 is 1.90 bits per heavy atom. The summed E-state index contributed by atoms with van der Waals surface area (Å²) < 4.78 is 0. The van der Waals surface area contributed by atoms with Gasteiger partial charge in [0.05, 0.1) is 13.1 Å². The summed E-state index contributed by atoms with van der Waals surface area (Å²) in [6, 6.07) is 0. The minimum absolute atomic E-state index is 0.194. The van der Waals surface area contributed by atoms with Gasteiger partial charge in [0.2, 0.25) is 5.91 Å². The first-order chi connectivity index (χ1) is 10.3. The number of likely N-dealkylation sites (tertiary alicyclic amines) is 2. The first kappa shape index (κ1) is 16.3. The molecule has 2 aliphatic heterocycles. The highest BCUT2D eigenvalue weighted by molar-refractivity contribution is 5.78. The highest BCUT2D eigenvalue weighted by Gasteiger charge is 2.20. The van der Waals surface area contributed by atoms with Crippen LogP contribution in [0.3, 0.4) is 0 Å². The number of rotatable bonds is 5. The van der Waals surface area contributed by atoms with Gasteiger partial charge in [-0.15, -0.1) is 5.92 Å². The fourth-order valence-electron chi connectivity index (χ4n) is 3.21. The molecule has 1 N–H and O–H groups in total. The van der Waals surface area contributed by atoms with Gasteiger partial charge in [-0.25, -0.2) is 0 Å². The molecule has 2 rings (SSSR count). The Morgan fingerprint density at radius 3 is 2.67 bits per heavy atom.